The molecule has 0 spiro atoms. The summed E-state index contributed by atoms with van der Waals surface area (Å²) in [4.78, 5) is 24.9. The molecule has 1 aromatic heterocycles. The molecule has 1 amide bonds. The highest BCUT2D eigenvalue weighted by Gasteiger charge is 2.18. The zero-order chi connectivity index (χ0) is 12.8. The van der Waals surface area contributed by atoms with Gasteiger partial charge in [0.1, 0.15) is 5.69 Å². The molecule has 1 N–H and O–H groups in total. The van der Waals surface area contributed by atoms with Crippen molar-refractivity contribution in [1.29, 1.82) is 0 Å². The van der Waals surface area contributed by atoms with Gasteiger partial charge in [-0.25, -0.2) is 4.79 Å². The van der Waals surface area contributed by atoms with Gasteiger partial charge in [-0.1, -0.05) is 0 Å². The minimum absolute atomic E-state index is 0.193. The topological polar surface area (TPSA) is 75.3 Å². The summed E-state index contributed by atoms with van der Waals surface area (Å²) in [5, 5.41) is 6.32. The van der Waals surface area contributed by atoms with E-state index in [-0.39, 0.29) is 23.9 Å². The lowest BCUT2D eigenvalue weighted by molar-refractivity contribution is 0.0519. The van der Waals surface area contributed by atoms with Crippen LogP contribution in [-0.4, -0.2) is 46.7 Å². The monoisotopic (exact) mass is 239 g/mol. The summed E-state index contributed by atoms with van der Waals surface area (Å²) in [7, 11) is 0. The number of hydrogen-bond donors (Lipinski definition) is 1. The second-order valence-corrected chi connectivity index (χ2v) is 3.36. The normalized spacial score (nSPS) is 10.1. The van der Waals surface area contributed by atoms with Crippen LogP contribution in [0.1, 0.15) is 41.7 Å². The fourth-order valence-electron chi connectivity index (χ4n) is 1.42. The van der Waals surface area contributed by atoms with Gasteiger partial charge in [0.05, 0.1) is 6.61 Å². The average molecular weight is 239 g/mol. The van der Waals surface area contributed by atoms with Crippen LogP contribution in [0.3, 0.4) is 0 Å². The molecule has 0 aliphatic heterocycles. The fraction of sp³-hybridized carbons (Fsp3) is 0.545. The zero-order valence-corrected chi connectivity index (χ0v) is 10.3. The van der Waals surface area contributed by atoms with Crippen molar-refractivity contribution in [2.45, 2.75) is 20.8 Å². The van der Waals surface area contributed by atoms with Crippen LogP contribution in [-0.2, 0) is 4.74 Å². The lowest BCUT2D eigenvalue weighted by Gasteiger charge is -2.16. The van der Waals surface area contributed by atoms with Gasteiger partial charge in [-0.2, -0.15) is 5.10 Å². The fourth-order valence-corrected chi connectivity index (χ4v) is 1.42. The van der Waals surface area contributed by atoms with Crippen LogP contribution >= 0.6 is 0 Å². The molecule has 0 unspecified atom stereocenters. The molecule has 0 atom stereocenters. The molecule has 0 aromatic carbocycles. The van der Waals surface area contributed by atoms with E-state index in [4.69, 9.17) is 4.74 Å². The molecular formula is C11H17N3O3. The number of rotatable bonds is 5. The first kappa shape index (κ1) is 13.2. The van der Waals surface area contributed by atoms with E-state index in [2.05, 4.69) is 10.2 Å². The van der Waals surface area contributed by atoms with Gasteiger partial charge in [0.15, 0.2) is 5.69 Å². The van der Waals surface area contributed by atoms with Crippen LogP contribution in [0.25, 0.3) is 0 Å². The van der Waals surface area contributed by atoms with Crippen LogP contribution < -0.4 is 0 Å². The lowest BCUT2D eigenvalue weighted by Crippen LogP contribution is -2.30. The Labute approximate surface area is 99.9 Å². The van der Waals surface area contributed by atoms with Gasteiger partial charge >= 0.3 is 5.97 Å². The quantitative estimate of drug-likeness (QED) is 0.780. The molecule has 6 heteroatoms. The molecule has 0 bridgehead atoms. The Morgan fingerprint density at radius 1 is 1.35 bits per heavy atom. The van der Waals surface area contributed by atoms with Crippen molar-refractivity contribution in [1.82, 2.24) is 15.1 Å². The summed E-state index contributed by atoms with van der Waals surface area (Å²) in [5.41, 5.74) is 0.430. The highest BCUT2D eigenvalue weighted by Crippen LogP contribution is 2.05. The molecule has 0 saturated heterocycles. The van der Waals surface area contributed by atoms with Crippen molar-refractivity contribution in [3.05, 3.63) is 17.5 Å². The maximum Gasteiger partial charge on any atom is 0.356 e. The number of carbonyl (C=O) groups excluding carboxylic acids is 2. The molecule has 1 aromatic rings. The Kier molecular flexibility index (Phi) is 4.68. The van der Waals surface area contributed by atoms with Crippen molar-refractivity contribution in [3.63, 3.8) is 0 Å². The second kappa shape index (κ2) is 6.03. The molecule has 1 heterocycles. The van der Waals surface area contributed by atoms with Gasteiger partial charge in [0.2, 0.25) is 0 Å². The third-order valence-electron chi connectivity index (χ3n) is 2.34. The number of esters is 1. The number of nitrogens with one attached hydrogen (secondary N) is 1. The summed E-state index contributed by atoms with van der Waals surface area (Å²) in [5.74, 6) is -0.694. The largest absolute Gasteiger partial charge is 0.461 e. The van der Waals surface area contributed by atoms with E-state index >= 15 is 0 Å². The molecule has 6 nitrogen and oxygen atoms in total. The maximum absolute atomic E-state index is 11.9. The van der Waals surface area contributed by atoms with E-state index in [9.17, 15) is 9.59 Å². The third kappa shape index (κ3) is 3.05. The standard InChI is InChI=1S/C11H17N3O3/c1-4-14(5-2)10(15)8-7-9(13-12-8)11(16)17-6-3/h7H,4-6H2,1-3H3,(H,12,13). The lowest BCUT2D eigenvalue weighted by atomic mass is 10.3. The maximum atomic E-state index is 11.9. The highest BCUT2D eigenvalue weighted by molar-refractivity contribution is 5.95. The molecule has 17 heavy (non-hydrogen) atoms. The first-order chi connectivity index (χ1) is 8.13. The summed E-state index contributed by atoms with van der Waals surface area (Å²) >= 11 is 0. The van der Waals surface area contributed by atoms with E-state index in [0.717, 1.165) is 0 Å². The number of carbonyl (C=O) groups is 2. The Balaban J connectivity index is 2.80. The summed E-state index contributed by atoms with van der Waals surface area (Å²) in [6.07, 6.45) is 0. The van der Waals surface area contributed by atoms with Gasteiger partial charge in [-0.05, 0) is 20.8 Å². The minimum atomic E-state index is -0.501. The smallest absolute Gasteiger partial charge is 0.356 e. The number of aromatic amines is 1. The summed E-state index contributed by atoms with van der Waals surface area (Å²) in [6, 6.07) is 1.42. The Morgan fingerprint density at radius 3 is 2.53 bits per heavy atom. The molecule has 94 valence electrons. The summed E-state index contributed by atoms with van der Waals surface area (Å²) < 4.78 is 4.80. The second-order valence-electron chi connectivity index (χ2n) is 3.36. The van der Waals surface area contributed by atoms with Crippen molar-refractivity contribution >= 4 is 11.9 Å². The molecule has 0 radical (unpaired) electrons. The van der Waals surface area contributed by atoms with Gasteiger partial charge in [-0.15, -0.1) is 0 Å². The number of H-pyrrole nitrogens is 1. The molecular weight excluding hydrogens is 222 g/mol. The molecule has 1 rings (SSSR count). The Hall–Kier alpha value is -1.85. The van der Waals surface area contributed by atoms with Gasteiger partial charge < -0.3 is 9.64 Å². The average Bonchev–Trinajstić information content (AvgIpc) is 2.80. The summed E-state index contributed by atoms with van der Waals surface area (Å²) in [6.45, 7) is 7.00. The van der Waals surface area contributed by atoms with Crippen LogP contribution in [0.4, 0.5) is 0 Å². The minimum Gasteiger partial charge on any atom is -0.461 e. The first-order valence-electron chi connectivity index (χ1n) is 5.65. The number of amides is 1. The highest BCUT2D eigenvalue weighted by atomic mass is 16.5. The van der Waals surface area contributed by atoms with Crippen molar-refractivity contribution in [2.75, 3.05) is 19.7 Å². The molecule has 0 aliphatic rings. The molecule has 0 aliphatic carbocycles. The van der Waals surface area contributed by atoms with Crippen LogP contribution in [0.15, 0.2) is 6.07 Å². The van der Waals surface area contributed by atoms with Crippen LogP contribution in [0.5, 0.6) is 0 Å². The number of nitrogens with zero attached hydrogens (tertiary/aromatic N) is 2. The predicted molar refractivity (Wildman–Crippen MR) is 61.8 cm³/mol. The molecule has 0 saturated carbocycles. The molecule has 0 fully saturated rings. The van der Waals surface area contributed by atoms with E-state index in [1.165, 1.54) is 6.07 Å². The predicted octanol–water partition coefficient (Wildman–Crippen LogP) is 1.07. The van der Waals surface area contributed by atoms with Gasteiger partial charge in [0.25, 0.3) is 5.91 Å². The van der Waals surface area contributed by atoms with E-state index in [1.54, 1.807) is 11.8 Å². The first-order valence-corrected chi connectivity index (χ1v) is 5.65. The number of ether oxygens (including phenoxy) is 1. The van der Waals surface area contributed by atoms with E-state index < -0.39 is 5.97 Å². The Morgan fingerprint density at radius 2 is 2.00 bits per heavy atom. The van der Waals surface area contributed by atoms with Crippen LogP contribution in [0, 0.1) is 0 Å². The SMILES string of the molecule is CCOC(=O)c1cc(C(=O)N(CC)CC)n[nH]1. The van der Waals surface area contributed by atoms with Gasteiger partial charge in [-0.3, -0.25) is 9.89 Å². The van der Waals surface area contributed by atoms with E-state index in [1.807, 2.05) is 13.8 Å². The van der Waals surface area contributed by atoms with Gasteiger partial charge in [0, 0.05) is 19.2 Å². The van der Waals surface area contributed by atoms with Crippen LogP contribution in [0.2, 0.25) is 0 Å². The van der Waals surface area contributed by atoms with Crippen molar-refractivity contribution < 1.29 is 14.3 Å². The third-order valence-corrected chi connectivity index (χ3v) is 2.34. The zero-order valence-electron chi connectivity index (χ0n) is 10.3. The number of aromatic nitrogens is 2. The Bertz CT molecular complexity index is 396. The van der Waals surface area contributed by atoms with Crippen molar-refractivity contribution in [2.24, 2.45) is 0 Å². The van der Waals surface area contributed by atoms with Crippen molar-refractivity contribution in [3.8, 4) is 0 Å². The number of hydrogen-bond acceptors (Lipinski definition) is 4. The van der Waals surface area contributed by atoms with E-state index in [0.29, 0.717) is 13.1 Å².